The number of benzene rings is 1. The van der Waals surface area contributed by atoms with Crippen LogP contribution in [0, 0.1) is 6.92 Å². The number of hydrogen-bond acceptors (Lipinski definition) is 4. The molecule has 5 nitrogen and oxygen atoms in total. The summed E-state index contributed by atoms with van der Waals surface area (Å²) in [5.41, 5.74) is 0. The Kier molecular flexibility index (Phi) is 5.41. The van der Waals surface area contributed by atoms with Gasteiger partial charge in [-0.15, -0.1) is 11.3 Å². The number of carbonyl (C=O) groups excluding carboxylic acids is 1. The Morgan fingerprint density at radius 2 is 1.72 bits per heavy atom. The normalized spacial score (nSPS) is 16.2. The second-order valence-corrected chi connectivity index (χ2v) is 9.72. The van der Waals surface area contributed by atoms with Gasteiger partial charge < -0.3 is 4.90 Å². The molecule has 1 fully saturated rings. The molecule has 0 unspecified atom stereocenters. The molecule has 0 spiro atoms. The van der Waals surface area contributed by atoms with E-state index in [1.807, 2.05) is 13.0 Å². The molecule has 0 saturated carbocycles. The van der Waals surface area contributed by atoms with Gasteiger partial charge in [-0.3, -0.25) is 4.79 Å². The molecule has 0 aliphatic carbocycles. The summed E-state index contributed by atoms with van der Waals surface area (Å²) >= 11 is 13.2. The lowest BCUT2D eigenvalue weighted by Gasteiger charge is -2.33. The van der Waals surface area contributed by atoms with Gasteiger partial charge in [-0.2, -0.15) is 4.31 Å². The van der Waals surface area contributed by atoms with Crippen molar-refractivity contribution in [1.82, 2.24) is 9.21 Å². The third-order valence-electron chi connectivity index (χ3n) is 4.01. The van der Waals surface area contributed by atoms with Gasteiger partial charge in [0.25, 0.3) is 5.91 Å². The summed E-state index contributed by atoms with van der Waals surface area (Å²) in [4.78, 5) is 16.0. The van der Waals surface area contributed by atoms with Crippen molar-refractivity contribution < 1.29 is 13.2 Å². The summed E-state index contributed by atoms with van der Waals surface area (Å²) in [6.45, 7) is 3.16. The summed E-state index contributed by atoms with van der Waals surface area (Å²) < 4.78 is 26.8. The molecule has 134 valence electrons. The van der Waals surface area contributed by atoms with E-state index in [9.17, 15) is 13.2 Å². The number of nitrogens with zero attached hydrogens (tertiary/aromatic N) is 2. The number of rotatable bonds is 3. The number of thiophene rings is 1. The molecule has 3 rings (SSSR count). The Balaban J connectivity index is 1.71. The number of aryl methyl sites for hydroxylation is 1. The Morgan fingerprint density at radius 3 is 2.28 bits per heavy atom. The van der Waals surface area contributed by atoms with Crippen LogP contribution in [0.1, 0.15) is 14.5 Å². The van der Waals surface area contributed by atoms with Crippen molar-refractivity contribution in [3.8, 4) is 0 Å². The van der Waals surface area contributed by atoms with Gasteiger partial charge in [0.2, 0.25) is 10.0 Å². The van der Waals surface area contributed by atoms with Crippen molar-refractivity contribution in [2.75, 3.05) is 26.2 Å². The van der Waals surface area contributed by atoms with Crippen LogP contribution in [-0.2, 0) is 10.0 Å². The summed E-state index contributed by atoms with van der Waals surface area (Å²) in [6.07, 6.45) is 0. The number of amides is 1. The van der Waals surface area contributed by atoms with Crippen LogP contribution in [0.25, 0.3) is 0 Å². The zero-order valence-electron chi connectivity index (χ0n) is 13.4. The molecular weight excluding hydrogens is 403 g/mol. The van der Waals surface area contributed by atoms with Gasteiger partial charge in [0.05, 0.1) is 19.8 Å². The quantitative estimate of drug-likeness (QED) is 0.765. The monoisotopic (exact) mass is 418 g/mol. The first-order valence-corrected chi connectivity index (χ1v) is 10.6. The number of halogens is 2. The highest BCUT2D eigenvalue weighted by Gasteiger charge is 2.31. The van der Waals surface area contributed by atoms with Gasteiger partial charge in [-0.05, 0) is 37.3 Å². The smallest absolute Gasteiger partial charge is 0.264 e. The number of hydrogen-bond donors (Lipinski definition) is 0. The molecule has 0 radical (unpaired) electrons. The zero-order valence-corrected chi connectivity index (χ0v) is 16.6. The first kappa shape index (κ1) is 18.7. The average molecular weight is 419 g/mol. The molecule has 0 atom stereocenters. The molecule has 1 aliphatic heterocycles. The Labute approximate surface area is 160 Å². The highest BCUT2D eigenvalue weighted by Crippen LogP contribution is 2.27. The van der Waals surface area contributed by atoms with Crippen LogP contribution in [0.3, 0.4) is 0 Å². The van der Waals surface area contributed by atoms with Gasteiger partial charge in [0, 0.05) is 31.1 Å². The minimum Gasteiger partial charge on any atom is -0.335 e. The fourth-order valence-electron chi connectivity index (χ4n) is 2.62. The van der Waals surface area contributed by atoms with E-state index in [2.05, 4.69) is 0 Å². The maximum absolute atomic E-state index is 12.7. The van der Waals surface area contributed by atoms with Crippen LogP contribution < -0.4 is 0 Å². The molecule has 1 saturated heterocycles. The van der Waals surface area contributed by atoms with E-state index in [0.717, 1.165) is 4.88 Å². The fraction of sp³-hybridized carbons (Fsp3) is 0.312. The van der Waals surface area contributed by atoms with Crippen molar-refractivity contribution in [3.63, 3.8) is 0 Å². The average Bonchev–Trinajstić information content (AvgIpc) is 3.03. The summed E-state index contributed by atoms with van der Waals surface area (Å²) in [7, 11) is -3.66. The first-order valence-electron chi connectivity index (χ1n) is 7.60. The predicted octanol–water partition coefficient (Wildman–Crippen LogP) is 3.51. The third kappa shape index (κ3) is 3.85. The molecule has 0 N–H and O–H groups in total. The fourth-order valence-corrected chi connectivity index (χ4v) is 5.27. The van der Waals surface area contributed by atoms with Crippen LogP contribution in [0.4, 0.5) is 0 Å². The predicted molar refractivity (Wildman–Crippen MR) is 100 cm³/mol. The van der Waals surface area contributed by atoms with Gasteiger partial charge >= 0.3 is 0 Å². The molecule has 1 aromatic carbocycles. The van der Waals surface area contributed by atoms with Crippen molar-refractivity contribution >= 4 is 50.5 Å². The molecule has 1 aliphatic rings. The molecule has 2 heterocycles. The SMILES string of the molecule is Cc1ccc(C(=O)N2CCN(S(=O)(=O)c3ccc(Cl)c(Cl)c3)CC2)s1. The third-order valence-corrected chi connectivity index (χ3v) is 7.63. The minimum atomic E-state index is -3.66. The molecule has 1 aromatic heterocycles. The van der Waals surface area contributed by atoms with E-state index in [-0.39, 0.29) is 28.9 Å². The van der Waals surface area contributed by atoms with E-state index in [4.69, 9.17) is 23.2 Å². The second kappa shape index (κ2) is 7.25. The number of piperazine rings is 1. The van der Waals surface area contributed by atoms with E-state index in [1.54, 1.807) is 11.0 Å². The molecule has 2 aromatic rings. The number of carbonyl (C=O) groups is 1. The van der Waals surface area contributed by atoms with Crippen molar-refractivity contribution in [1.29, 1.82) is 0 Å². The van der Waals surface area contributed by atoms with Crippen LogP contribution in [0.15, 0.2) is 35.2 Å². The van der Waals surface area contributed by atoms with E-state index in [0.29, 0.717) is 23.0 Å². The maximum atomic E-state index is 12.7. The standard InChI is InChI=1S/C16H16Cl2N2O3S2/c1-11-2-5-15(24-11)16(21)19-6-8-20(9-7-19)25(22,23)12-3-4-13(17)14(18)10-12/h2-5,10H,6-9H2,1H3. The highest BCUT2D eigenvalue weighted by atomic mass is 35.5. The Bertz CT molecular complexity index is 904. The largest absolute Gasteiger partial charge is 0.335 e. The van der Waals surface area contributed by atoms with Gasteiger partial charge in [0.15, 0.2) is 0 Å². The lowest BCUT2D eigenvalue weighted by atomic mass is 10.3. The molecule has 9 heteroatoms. The van der Waals surface area contributed by atoms with Crippen molar-refractivity contribution in [2.24, 2.45) is 0 Å². The van der Waals surface area contributed by atoms with Gasteiger partial charge in [-0.25, -0.2) is 8.42 Å². The molecule has 25 heavy (non-hydrogen) atoms. The van der Waals surface area contributed by atoms with Crippen molar-refractivity contribution in [3.05, 3.63) is 50.1 Å². The zero-order chi connectivity index (χ0) is 18.2. The maximum Gasteiger partial charge on any atom is 0.264 e. The van der Waals surface area contributed by atoms with E-state index < -0.39 is 10.0 Å². The van der Waals surface area contributed by atoms with Gasteiger partial charge in [-0.1, -0.05) is 23.2 Å². The topological polar surface area (TPSA) is 57.7 Å². The Morgan fingerprint density at radius 1 is 1.04 bits per heavy atom. The molecule has 1 amide bonds. The molecular formula is C16H16Cl2N2O3S2. The summed E-state index contributed by atoms with van der Waals surface area (Å²) in [6, 6.07) is 7.97. The van der Waals surface area contributed by atoms with Gasteiger partial charge in [0.1, 0.15) is 0 Å². The minimum absolute atomic E-state index is 0.0512. The van der Waals surface area contributed by atoms with E-state index in [1.165, 1.54) is 33.8 Å². The lowest BCUT2D eigenvalue weighted by molar-refractivity contribution is 0.0703. The highest BCUT2D eigenvalue weighted by molar-refractivity contribution is 7.89. The van der Waals surface area contributed by atoms with E-state index >= 15 is 0 Å². The second-order valence-electron chi connectivity index (χ2n) is 5.68. The van der Waals surface area contributed by atoms with Crippen LogP contribution in [-0.4, -0.2) is 49.7 Å². The molecule has 0 bridgehead atoms. The lowest BCUT2D eigenvalue weighted by Crippen LogP contribution is -2.50. The first-order chi connectivity index (χ1) is 11.8. The summed E-state index contributed by atoms with van der Waals surface area (Å²) in [5, 5.41) is 0.506. The van der Waals surface area contributed by atoms with Crippen LogP contribution >= 0.6 is 34.5 Å². The number of sulfonamides is 1. The van der Waals surface area contributed by atoms with Crippen LogP contribution in [0.2, 0.25) is 10.0 Å². The van der Waals surface area contributed by atoms with Crippen molar-refractivity contribution in [2.45, 2.75) is 11.8 Å². The van der Waals surface area contributed by atoms with Crippen LogP contribution in [0.5, 0.6) is 0 Å². The Hall–Kier alpha value is -1.12. The summed E-state index contributed by atoms with van der Waals surface area (Å²) in [5.74, 6) is -0.0512.